The first kappa shape index (κ1) is 12.6. The Bertz CT molecular complexity index is 391. The van der Waals surface area contributed by atoms with Crippen LogP contribution in [0.4, 0.5) is 0 Å². The lowest BCUT2D eigenvalue weighted by Gasteiger charge is -2.25. The minimum absolute atomic E-state index is 0.0673. The van der Waals surface area contributed by atoms with Crippen LogP contribution in [0.2, 0.25) is 0 Å². The summed E-state index contributed by atoms with van der Waals surface area (Å²) in [4.78, 5) is 12.4. The van der Waals surface area contributed by atoms with E-state index in [9.17, 15) is 4.79 Å². The van der Waals surface area contributed by atoms with Gasteiger partial charge in [0, 0.05) is 24.6 Å². The van der Waals surface area contributed by atoms with Crippen LogP contribution >= 0.6 is 15.9 Å². The molecule has 1 aromatic heterocycles. The molecule has 2 rings (SSSR count). The van der Waals surface area contributed by atoms with Crippen molar-refractivity contribution in [1.82, 2.24) is 15.1 Å². The van der Waals surface area contributed by atoms with E-state index in [1.165, 1.54) is 19.3 Å². The molecule has 1 amide bonds. The average molecular weight is 300 g/mol. The van der Waals surface area contributed by atoms with Crippen LogP contribution in [0.3, 0.4) is 0 Å². The van der Waals surface area contributed by atoms with Crippen LogP contribution < -0.4 is 5.32 Å². The van der Waals surface area contributed by atoms with E-state index in [4.69, 9.17) is 0 Å². The average Bonchev–Trinajstić information content (AvgIpc) is 2.73. The van der Waals surface area contributed by atoms with Crippen molar-refractivity contribution in [3.63, 3.8) is 0 Å². The van der Waals surface area contributed by atoms with Crippen LogP contribution in [0.1, 0.15) is 36.2 Å². The largest absolute Gasteiger partial charge is 0.350 e. The molecule has 0 radical (unpaired) electrons. The van der Waals surface area contributed by atoms with Gasteiger partial charge in [0.25, 0.3) is 5.91 Å². The number of carbonyl (C=O) groups excluding carboxylic acids is 1. The quantitative estimate of drug-likeness (QED) is 0.869. The van der Waals surface area contributed by atoms with Gasteiger partial charge >= 0.3 is 0 Å². The van der Waals surface area contributed by atoms with E-state index in [1.807, 2.05) is 7.05 Å². The molecule has 1 saturated carbocycles. The third kappa shape index (κ3) is 3.56. The summed E-state index contributed by atoms with van der Waals surface area (Å²) in [5.74, 6) is 0.531. The first-order valence-electron chi connectivity index (χ1n) is 6.07. The highest BCUT2D eigenvalue weighted by Crippen LogP contribution is 2.28. The first-order chi connectivity index (χ1) is 8.15. The van der Waals surface area contributed by atoms with Gasteiger partial charge in [0.1, 0.15) is 5.69 Å². The Kier molecular flexibility index (Phi) is 4.20. The van der Waals surface area contributed by atoms with Gasteiger partial charge in [-0.2, -0.15) is 5.10 Å². The van der Waals surface area contributed by atoms with Gasteiger partial charge in [-0.3, -0.25) is 9.48 Å². The molecule has 0 aromatic carbocycles. The number of hydrogen-bond acceptors (Lipinski definition) is 2. The number of aryl methyl sites for hydroxylation is 1. The number of carbonyl (C=O) groups is 1. The molecular weight excluding hydrogens is 282 g/mol. The molecule has 1 fully saturated rings. The van der Waals surface area contributed by atoms with Gasteiger partial charge in [-0.15, -0.1) is 0 Å². The Morgan fingerprint density at radius 3 is 3.12 bits per heavy atom. The predicted octanol–water partition coefficient (Wildman–Crippen LogP) is 2.10. The maximum Gasteiger partial charge on any atom is 0.271 e. The minimum atomic E-state index is -0.0673. The van der Waals surface area contributed by atoms with E-state index in [2.05, 4.69) is 26.3 Å². The van der Waals surface area contributed by atoms with Crippen LogP contribution in [0.25, 0.3) is 0 Å². The molecule has 2 atom stereocenters. The highest BCUT2D eigenvalue weighted by molar-refractivity contribution is 9.09. The van der Waals surface area contributed by atoms with Crippen molar-refractivity contribution in [3.05, 3.63) is 18.0 Å². The van der Waals surface area contributed by atoms with Gasteiger partial charge in [-0.1, -0.05) is 22.4 Å². The van der Waals surface area contributed by atoms with E-state index in [0.29, 0.717) is 16.4 Å². The van der Waals surface area contributed by atoms with E-state index in [1.54, 1.807) is 16.9 Å². The second kappa shape index (κ2) is 5.67. The number of hydrogen-bond donors (Lipinski definition) is 1. The van der Waals surface area contributed by atoms with Gasteiger partial charge < -0.3 is 5.32 Å². The second-order valence-electron chi connectivity index (χ2n) is 4.71. The molecule has 1 N–H and O–H groups in total. The van der Waals surface area contributed by atoms with Crippen molar-refractivity contribution in [1.29, 1.82) is 0 Å². The molecule has 5 heteroatoms. The molecule has 0 bridgehead atoms. The minimum Gasteiger partial charge on any atom is -0.350 e. The van der Waals surface area contributed by atoms with Gasteiger partial charge in [-0.05, 0) is 31.2 Å². The number of aromatic nitrogens is 2. The Labute approximate surface area is 110 Å². The molecule has 0 aliphatic heterocycles. The zero-order valence-corrected chi connectivity index (χ0v) is 11.6. The van der Waals surface area contributed by atoms with Crippen LogP contribution in [0.5, 0.6) is 0 Å². The molecular formula is C12H18BrN3O. The molecule has 1 heterocycles. The Morgan fingerprint density at radius 1 is 1.65 bits per heavy atom. The lowest BCUT2D eigenvalue weighted by molar-refractivity contribution is 0.0938. The molecule has 4 nitrogen and oxygen atoms in total. The number of rotatable bonds is 3. The van der Waals surface area contributed by atoms with Crippen molar-refractivity contribution in [2.75, 3.05) is 6.54 Å². The first-order valence-corrected chi connectivity index (χ1v) is 6.98. The number of alkyl halides is 1. The summed E-state index contributed by atoms with van der Waals surface area (Å²) in [7, 11) is 1.81. The van der Waals surface area contributed by atoms with Crippen molar-refractivity contribution in [2.45, 2.75) is 30.5 Å². The summed E-state index contributed by atoms with van der Waals surface area (Å²) in [6.07, 6.45) is 6.65. The predicted molar refractivity (Wildman–Crippen MR) is 70.2 cm³/mol. The van der Waals surface area contributed by atoms with Crippen LogP contribution in [0, 0.1) is 5.92 Å². The summed E-state index contributed by atoms with van der Waals surface area (Å²) >= 11 is 3.66. The zero-order chi connectivity index (χ0) is 12.3. The van der Waals surface area contributed by atoms with E-state index in [-0.39, 0.29) is 5.91 Å². The highest BCUT2D eigenvalue weighted by Gasteiger charge is 2.20. The molecule has 17 heavy (non-hydrogen) atoms. The molecule has 2 unspecified atom stereocenters. The van der Waals surface area contributed by atoms with Crippen molar-refractivity contribution in [3.8, 4) is 0 Å². The van der Waals surface area contributed by atoms with Crippen molar-refractivity contribution in [2.24, 2.45) is 13.0 Å². The Hall–Kier alpha value is -0.840. The van der Waals surface area contributed by atoms with Crippen molar-refractivity contribution >= 4 is 21.8 Å². The fraction of sp³-hybridized carbons (Fsp3) is 0.667. The van der Waals surface area contributed by atoms with Crippen LogP contribution in [0.15, 0.2) is 12.3 Å². The topological polar surface area (TPSA) is 46.9 Å². The molecule has 1 aliphatic rings. The highest BCUT2D eigenvalue weighted by atomic mass is 79.9. The van der Waals surface area contributed by atoms with Gasteiger partial charge in [0.05, 0.1) is 0 Å². The SMILES string of the molecule is Cn1ccc(C(=O)NCC2CCCC(Br)C2)n1. The summed E-state index contributed by atoms with van der Waals surface area (Å²) in [6.45, 7) is 0.761. The smallest absolute Gasteiger partial charge is 0.271 e. The van der Waals surface area contributed by atoms with Gasteiger partial charge in [0.15, 0.2) is 0 Å². The summed E-state index contributed by atoms with van der Waals surface area (Å²) < 4.78 is 1.64. The fourth-order valence-corrected chi connectivity index (χ4v) is 3.13. The van der Waals surface area contributed by atoms with E-state index >= 15 is 0 Å². The Balaban J connectivity index is 1.80. The normalized spacial score (nSPS) is 24.6. The number of amides is 1. The summed E-state index contributed by atoms with van der Waals surface area (Å²) in [5.41, 5.74) is 0.499. The van der Waals surface area contributed by atoms with Crippen molar-refractivity contribution < 1.29 is 4.79 Å². The monoisotopic (exact) mass is 299 g/mol. The van der Waals surface area contributed by atoms with E-state index in [0.717, 1.165) is 13.0 Å². The number of nitrogens with zero attached hydrogens (tertiary/aromatic N) is 2. The van der Waals surface area contributed by atoms with Crippen LogP contribution in [-0.4, -0.2) is 27.1 Å². The van der Waals surface area contributed by atoms with Crippen LogP contribution in [-0.2, 0) is 7.05 Å². The summed E-state index contributed by atoms with van der Waals surface area (Å²) in [5, 5.41) is 7.05. The third-order valence-electron chi connectivity index (χ3n) is 3.22. The lowest BCUT2D eigenvalue weighted by Crippen LogP contribution is -2.32. The lowest BCUT2D eigenvalue weighted by atomic mass is 9.89. The molecule has 0 saturated heterocycles. The summed E-state index contributed by atoms with van der Waals surface area (Å²) in [6, 6.07) is 1.74. The molecule has 1 aromatic rings. The third-order valence-corrected chi connectivity index (χ3v) is 4.05. The van der Waals surface area contributed by atoms with E-state index < -0.39 is 0 Å². The standard InChI is InChI=1S/C12H18BrN3O/c1-16-6-5-11(15-16)12(17)14-8-9-3-2-4-10(13)7-9/h5-6,9-10H,2-4,7-8H2,1H3,(H,14,17). The Morgan fingerprint density at radius 2 is 2.47 bits per heavy atom. The second-order valence-corrected chi connectivity index (χ2v) is 6.01. The molecule has 0 spiro atoms. The maximum atomic E-state index is 11.8. The fourth-order valence-electron chi connectivity index (χ4n) is 2.27. The van der Waals surface area contributed by atoms with Gasteiger partial charge in [0.2, 0.25) is 0 Å². The number of nitrogens with one attached hydrogen (secondary N) is 1. The molecule has 1 aliphatic carbocycles. The number of halogens is 1. The zero-order valence-electron chi connectivity index (χ0n) is 10.0. The molecule has 94 valence electrons. The maximum absolute atomic E-state index is 11.8. The van der Waals surface area contributed by atoms with Gasteiger partial charge in [-0.25, -0.2) is 0 Å².